The van der Waals surface area contributed by atoms with E-state index in [1.54, 1.807) is 28.0 Å². The quantitative estimate of drug-likeness (QED) is 0.734. The molecule has 0 saturated heterocycles. The molecule has 3 aromatic rings. The lowest BCUT2D eigenvalue weighted by Crippen LogP contribution is -2.17. The Morgan fingerprint density at radius 1 is 1.25 bits per heavy atom. The van der Waals surface area contributed by atoms with Crippen LogP contribution in [0.2, 0.25) is 0 Å². The molecule has 7 heteroatoms. The summed E-state index contributed by atoms with van der Waals surface area (Å²) in [5.41, 5.74) is 2.54. The van der Waals surface area contributed by atoms with E-state index in [1.807, 2.05) is 50.5 Å². The SMILES string of the molecule is CCn1ncc(N=Cc2cnn(C)c2)c1C(=O)Nc1ccccc1. The number of amides is 1. The largest absolute Gasteiger partial charge is 0.321 e. The van der Waals surface area contributed by atoms with Crippen molar-refractivity contribution in [2.45, 2.75) is 13.5 Å². The van der Waals surface area contributed by atoms with Crippen LogP contribution in [0.1, 0.15) is 23.0 Å². The second-order valence-electron chi connectivity index (χ2n) is 5.22. The normalized spacial score (nSPS) is 11.1. The Balaban J connectivity index is 1.87. The minimum Gasteiger partial charge on any atom is -0.321 e. The van der Waals surface area contributed by atoms with E-state index < -0.39 is 0 Å². The van der Waals surface area contributed by atoms with E-state index in [9.17, 15) is 4.79 Å². The molecular formula is C17H18N6O. The van der Waals surface area contributed by atoms with Crippen LogP contribution >= 0.6 is 0 Å². The summed E-state index contributed by atoms with van der Waals surface area (Å²) in [6.07, 6.45) is 6.81. The van der Waals surface area contributed by atoms with Crippen LogP contribution in [0, 0.1) is 0 Å². The molecule has 1 aromatic carbocycles. The Morgan fingerprint density at radius 3 is 2.71 bits per heavy atom. The fourth-order valence-electron chi connectivity index (χ4n) is 2.31. The number of aryl methyl sites for hydroxylation is 2. The highest BCUT2D eigenvalue weighted by Gasteiger charge is 2.17. The molecule has 0 fully saturated rings. The number of anilines is 1. The van der Waals surface area contributed by atoms with Crippen LogP contribution in [0.5, 0.6) is 0 Å². The average Bonchev–Trinajstić information content (AvgIpc) is 3.19. The van der Waals surface area contributed by atoms with Gasteiger partial charge in [-0.2, -0.15) is 10.2 Å². The molecule has 2 aromatic heterocycles. The minimum absolute atomic E-state index is 0.237. The Bertz CT molecular complexity index is 862. The predicted molar refractivity (Wildman–Crippen MR) is 92.8 cm³/mol. The molecule has 122 valence electrons. The molecule has 2 heterocycles. The lowest BCUT2D eigenvalue weighted by atomic mass is 10.3. The molecule has 0 atom stereocenters. The first-order valence-corrected chi connectivity index (χ1v) is 7.62. The Hall–Kier alpha value is -3.22. The monoisotopic (exact) mass is 322 g/mol. The van der Waals surface area contributed by atoms with Crippen molar-refractivity contribution in [1.29, 1.82) is 0 Å². The summed E-state index contributed by atoms with van der Waals surface area (Å²) >= 11 is 0. The van der Waals surface area contributed by atoms with Gasteiger partial charge in [0.05, 0.1) is 12.4 Å². The fraction of sp³-hybridized carbons (Fsp3) is 0.176. The molecular weight excluding hydrogens is 304 g/mol. The van der Waals surface area contributed by atoms with E-state index in [4.69, 9.17) is 0 Å². The molecule has 0 spiro atoms. The molecule has 3 rings (SSSR count). The number of aromatic nitrogens is 4. The number of benzene rings is 1. The second kappa shape index (κ2) is 6.91. The summed E-state index contributed by atoms with van der Waals surface area (Å²) < 4.78 is 3.33. The van der Waals surface area contributed by atoms with Crippen molar-refractivity contribution in [1.82, 2.24) is 19.6 Å². The molecule has 0 radical (unpaired) electrons. The van der Waals surface area contributed by atoms with Gasteiger partial charge in [-0.25, -0.2) is 0 Å². The smallest absolute Gasteiger partial charge is 0.276 e. The first-order chi connectivity index (χ1) is 11.7. The summed E-state index contributed by atoms with van der Waals surface area (Å²) in [4.78, 5) is 17.0. The van der Waals surface area contributed by atoms with E-state index in [2.05, 4.69) is 20.5 Å². The minimum atomic E-state index is -0.237. The predicted octanol–water partition coefficient (Wildman–Crippen LogP) is 2.64. The Kier molecular flexibility index (Phi) is 4.51. The summed E-state index contributed by atoms with van der Waals surface area (Å²) in [7, 11) is 1.84. The molecule has 0 aliphatic rings. The molecule has 1 N–H and O–H groups in total. The molecule has 7 nitrogen and oxygen atoms in total. The number of hydrogen-bond acceptors (Lipinski definition) is 4. The number of nitrogens with zero attached hydrogens (tertiary/aromatic N) is 5. The molecule has 1 amide bonds. The lowest BCUT2D eigenvalue weighted by Gasteiger charge is -2.07. The van der Waals surface area contributed by atoms with E-state index in [1.165, 1.54) is 0 Å². The van der Waals surface area contributed by atoms with Crippen LogP contribution in [-0.4, -0.2) is 31.7 Å². The number of carbonyl (C=O) groups excluding carboxylic acids is 1. The van der Waals surface area contributed by atoms with Gasteiger partial charge in [0.15, 0.2) is 5.69 Å². The maximum absolute atomic E-state index is 12.6. The maximum atomic E-state index is 12.6. The standard InChI is InChI=1S/C17H18N6O/c1-3-23-16(17(24)21-14-7-5-4-6-8-14)15(11-20-23)18-9-13-10-19-22(2)12-13/h4-12H,3H2,1-2H3,(H,21,24). The molecule has 0 bridgehead atoms. The number of hydrogen-bond donors (Lipinski definition) is 1. The van der Waals surface area contributed by atoms with Gasteiger partial charge in [0.25, 0.3) is 5.91 Å². The molecule has 0 saturated carbocycles. The van der Waals surface area contributed by atoms with Gasteiger partial charge >= 0.3 is 0 Å². The number of aliphatic imine (C=N–C) groups is 1. The highest BCUT2D eigenvalue weighted by molar-refractivity contribution is 6.06. The zero-order valence-corrected chi connectivity index (χ0v) is 13.5. The van der Waals surface area contributed by atoms with Gasteiger partial charge < -0.3 is 5.32 Å². The van der Waals surface area contributed by atoms with Gasteiger partial charge in [0, 0.05) is 37.3 Å². The number of carbonyl (C=O) groups is 1. The Morgan fingerprint density at radius 2 is 2.04 bits per heavy atom. The third kappa shape index (κ3) is 3.40. The molecule has 0 unspecified atom stereocenters. The fourth-order valence-corrected chi connectivity index (χ4v) is 2.31. The maximum Gasteiger partial charge on any atom is 0.276 e. The summed E-state index contributed by atoms with van der Waals surface area (Å²) in [5.74, 6) is -0.237. The van der Waals surface area contributed by atoms with Crippen LogP contribution in [-0.2, 0) is 13.6 Å². The number of rotatable bonds is 5. The van der Waals surface area contributed by atoms with Crippen molar-refractivity contribution in [2.24, 2.45) is 12.0 Å². The molecule has 0 aliphatic carbocycles. The van der Waals surface area contributed by atoms with Crippen LogP contribution < -0.4 is 5.32 Å². The van der Waals surface area contributed by atoms with Gasteiger partial charge in [-0.05, 0) is 19.1 Å². The zero-order valence-electron chi connectivity index (χ0n) is 13.5. The molecule has 24 heavy (non-hydrogen) atoms. The second-order valence-corrected chi connectivity index (χ2v) is 5.22. The van der Waals surface area contributed by atoms with Gasteiger partial charge in [-0.15, -0.1) is 0 Å². The average molecular weight is 322 g/mol. The summed E-state index contributed by atoms with van der Waals surface area (Å²) in [6.45, 7) is 2.51. The number of nitrogens with one attached hydrogen (secondary N) is 1. The van der Waals surface area contributed by atoms with Crippen LogP contribution in [0.25, 0.3) is 0 Å². The van der Waals surface area contributed by atoms with E-state index in [0.717, 1.165) is 11.3 Å². The van der Waals surface area contributed by atoms with Crippen LogP contribution in [0.4, 0.5) is 11.4 Å². The van der Waals surface area contributed by atoms with Crippen molar-refractivity contribution < 1.29 is 4.79 Å². The third-order valence-electron chi connectivity index (χ3n) is 3.44. The topological polar surface area (TPSA) is 77.1 Å². The highest BCUT2D eigenvalue weighted by atomic mass is 16.2. The highest BCUT2D eigenvalue weighted by Crippen LogP contribution is 2.20. The number of para-hydroxylation sites is 1. The van der Waals surface area contributed by atoms with Crippen LogP contribution in [0.15, 0.2) is 53.9 Å². The summed E-state index contributed by atoms with van der Waals surface area (Å²) in [6, 6.07) is 9.31. The van der Waals surface area contributed by atoms with Gasteiger partial charge in [0.1, 0.15) is 5.69 Å². The van der Waals surface area contributed by atoms with Gasteiger partial charge in [-0.1, -0.05) is 18.2 Å². The summed E-state index contributed by atoms with van der Waals surface area (Å²) in [5, 5.41) is 11.2. The molecule has 0 aliphatic heterocycles. The zero-order chi connectivity index (χ0) is 16.9. The van der Waals surface area contributed by atoms with E-state index in [-0.39, 0.29) is 5.91 Å². The van der Waals surface area contributed by atoms with Crippen molar-refractivity contribution in [3.05, 3.63) is 60.2 Å². The first kappa shape index (κ1) is 15.7. The first-order valence-electron chi connectivity index (χ1n) is 7.62. The van der Waals surface area contributed by atoms with E-state index >= 15 is 0 Å². The Labute approximate surface area is 139 Å². The van der Waals surface area contributed by atoms with Gasteiger partial charge in [-0.3, -0.25) is 19.2 Å². The van der Waals surface area contributed by atoms with Crippen molar-refractivity contribution in [3.63, 3.8) is 0 Å². The lowest BCUT2D eigenvalue weighted by molar-refractivity contribution is 0.101. The van der Waals surface area contributed by atoms with Gasteiger partial charge in [0.2, 0.25) is 0 Å². The van der Waals surface area contributed by atoms with Crippen molar-refractivity contribution in [2.75, 3.05) is 5.32 Å². The van der Waals surface area contributed by atoms with Crippen LogP contribution in [0.3, 0.4) is 0 Å². The van der Waals surface area contributed by atoms with Crippen molar-refractivity contribution >= 4 is 23.5 Å². The third-order valence-corrected chi connectivity index (χ3v) is 3.44. The van der Waals surface area contributed by atoms with Crippen molar-refractivity contribution in [3.8, 4) is 0 Å². The van der Waals surface area contributed by atoms with E-state index in [0.29, 0.717) is 17.9 Å².